The minimum absolute atomic E-state index is 0.179. The Hall–Kier alpha value is -1.55. The molecule has 0 radical (unpaired) electrons. The average molecular weight is 304 g/mol. The third-order valence-electron chi connectivity index (χ3n) is 4.61. The summed E-state index contributed by atoms with van der Waals surface area (Å²) in [5.41, 5.74) is 1.11. The minimum Gasteiger partial charge on any atom is -0.496 e. The van der Waals surface area contributed by atoms with E-state index < -0.39 is 0 Å². The molecule has 0 aromatic heterocycles. The summed E-state index contributed by atoms with van der Waals surface area (Å²) < 4.78 is 5.40. The van der Waals surface area contributed by atoms with Crippen LogP contribution in [0.3, 0.4) is 0 Å². The van der Waals surface area contributed by atoms with Crippen LogP contribution in [0.4, 0.5) is 0 Å². The van der Waals surface area contributed by atoms with E-state index in [1.165, 1.54) is 0 Å². The molecule has 1 unspecified atom stereocenters. The number of nitrogens with one attached hydrogen (secondary N) is 1. The maximum absolute atomic E-state index is 12.5. The van der Waals surface area contributed by atoms with Gasteiger partial charge in [0.1, 0.15) is 5.75 Å². The summed E-state index contributed by atoms with van der Waals surface area (Å²) in [5, 5.41) is 3.23. The molecule has 2 rings (SSSR count). The molecular weight excluding hydrogens is 276 g/mol. The highest BCUT2D eigenvalue weighted by Gasteiger charge is 2.24. The van der Waals surface area contributed by atoms with E-state index in [2.05, 4.69) is 18.3 Å². The molecular formula is C18H28N2O2. The zero-order valence-electron chi connectivity index (χ0n) is 14.0. The fourth-order valence-electron chi connectivity index (χ4n) is 3.25. The molecule has 0 saturated carbocycles. The average Bonchev–Trinajstić information content (AvgIpc) is 2.55. The lowest BCUT2D eigenvalue weighted by Crippen LogP contribution is -2.40. The molecule has 1 saturated heterocycles. The summed E-state index contributed by atoms with van der Waals surface area (Å²) in [6, 6.07) is 7.97. The monoisotopic (exact) mass is 304 g/mol. The molecule has 4 nitrogen and oxygen atoms in total. The van der Waals surface area contributed by atoms with E-state index >= 15 is 0 Å². The predicted molar refractivity (Wildman–Crippen MR) is 89.3 cm³/mol. The van der Waals surface area contributed by atoms with Crippen molar-refractivity contribution in [3.8, 4) is 5.75 Å². The smallest absolute Gasteiger partial charge is 0.223 e. The van der Waals surface area contributed by atoms with E-state index in [-0.39, 0.29) is 11.8 Å². The van der Waals surface area contributed by atoms with Crippen molar-refractivity contribution in [1.82, 2.24) is 10.2 Å². The van der Waals surface area contributed by atoms with Crippen molar-refractivity contribution >= 4 is 5.91 Å². The summed E-state index contributed by atoms with van der Waals surface area (Å²) >= 11 is 0. The van der Waals surface area contributed by atoms with Crippen LogP contribution in [-0.2, 0) is 4.79 Å². The molecule has 1 aliphatic rings. The van der Waals surface area contributed by atoms with Gasteiger partial charge in [0.05, 0.1) is 7.11 Å². The molecule has 1 atom stereocenters. The van der Waals surface area contributed by atoms with Crippen LogP contribution in [0.25, 0.3) is 0 Å². The fourth-order valence-corrected chi connectivity index (χ4v) is 3.25. The minimum atomic E-state index is 0.179. The molecule has 0 bridgehead atoms. The molecule has 22 heavy (non-hydrogen) atoms. The second-order valence-electron chi connectivity index (χ2n) is 6.23. The second-order valence-corrected chi connectivity index (χ2v) is 6.23. The van der Waals surface area contributed by atoms with Gasteiger partial charge in [-0.2, -0.15) is 0 Å². The maximum Gasteiger partial charge on any atom is 0.223 e. The highest BCUT2D eigenvalue weighted by molar-refractivity contribution is 5.77. The van der Waals surface area contributed by atoms with E-state index in [4.69, 9.17) is 4.74 Å². The molecule has 1 aromatic rings. The van der Waals surface area contributed by atoms with Crippen molar-refractivity contribution in [3.05, 3.63) is 29.8 Å². The summed E-state index contributed by atoms with van der Waals surface area (Å²) in [7, 11) is 3.67. The van der Waals surface area contributed by atoms with Crippen LogP contribution in [-0.4, -0.2) is 44.6 Å². The SMILES string of the molecule is CNCC1CCN(C(=O)CC(C)c2ccccc2OC)CC1. The summed E-state index contributed by atoms with van der Waals surface area (Å²) in [5.74, 6) is 2.02. The number of rotatable bonds is 6. The Morgan fingerprint density at radius 1 is 1.36 bits per heavy atom. The third kappa shape index (κ3) is 4.23. The predicted octanol–water partition coefficient (Wildman–Crippen LogP) is 2.65. The van der Waals surface area contributed by atoms with Gasteiger partial charge in [-0.15, -0.1) is 0 Å². The number of carbonyl (C=O) groups excluding carboxylic acids is 1. The number of para-hydroxylation sites is 1. The van der Waals surface area contributed by atoms with E-state index in [0.717, 1.165) is 43.8 Å². The number of hydrogen-bond acceptors (Lipinski definition) is 3. The van der Waals surface area contributed by atoms with Crippen molar-refractivity contribution in [1.29, 1.82) is 0 Å². The number of piperidine rings is 1. The number of amides is 1. The molecule has 1 N–H and O–H groups in total. The number of methoxy groups -OCH3 is 1. The van der Waals surface area contributed by atoms with Gasteiger partial charge in [-0.1, -0.05) is 25.1 Å². The number of nitrogens with zero attached hydrogens (tertiary/aromatic N) is 1. The van der Waals surface area contributed by atoms with Gasteiger partial charge in [0.15, 0.2) is 0 Å². The largest absolute Gasteiger partial charge is 0.496 e. The molecule has 4 heteroatoms. The van der Waals surface area contributed by atoms with Gasteiger partial charge in [0.25, 0.3) is 0 Å². The van der Waals surface area contributed by atoms with Crippen molar-refractivity contribution < 1.29 is 9.53 Å². The maximum atomic E-state index is 12.5. The standard InChI is InChI=1S/C18H28N2O2/c1-14(16-6-4-5-7-17(16)22-3)12-18(21)20-10-8-15(9-11-20)13-19-2/h4-7,14-15,19H,8-13H2,1-3H3. The second kappa shape index (κ2) is 8.18. The highest BCUT2D eigenvalue weighted by atomic mass is 16.5. The van der Waals surface area contributed by atoms with Gasteiger partial charge in [0.2, 0.25) is 5.91 Å². The first-order chi connectivity index (χ1) is 10.7. The lowest BCUT2D eigenvalue weighted by atomic mass is 9.94. The Labute approximate surface area is 133 Å². The van der Waals surface area contributed by atoms with Gasteiger partial charge < -0.3 is 15.0 Å². The van der Waals surface area contributed by atoms with Crippen LogP contribution in [0.5, 0.6) is 5.75 Å². The van der Waals surface area contributed by atoms with Gasteiger partial charge in [0, 0.05) is 19.5 Å². The topological polar surface area (TPSA) is 41.6 Å². The molecule has 1 aliphatic heterocycles. The van der Waals surface area contributed by atoms with E-state index in [1.54, 1.807) is 7.11 Å². The summed E-state index contributed by atoms with van der Waals surface area (Å²) in [6.45, 7) is 4.94. The summed E-state index contributed by atoms with van der Waals surface area (Å²) in [4.78, 5) is 14.5. The van der Waals surface area contributed by atoms with Crippen LogP contribution >= 0.6 is 0 Å². The Bertz CT molecular complexity index is 482. The number of likely N-dealkylation sites (tertiary alicyclic amines) is 1. The van der Waals surface area contributed by atoms with Crippen molar-refractivity contribution in [2.75, 3.05) is 33.8 Å². The molecule has 1 heterocycles. The molecule has 0 spiro atoms. The first kappa shape index (κ1) is 16.8. The van der Waals surface area contributed by atoms with Crippen LogP contribution in [0.1, 0.15) is 37.7 Å². The van der Waals surface area contributed by atoms with Crippen molar-refractivity contribution in [2.45, 2.75) is 32.1 Å². The van der Waals surface area contributed by atoms with E-state index in [9.17, 15) is 4.79 Å². The molecule has 1 fully saturated rings. The van der Waals surface area contributed by atoms with Crippen molar-refractivity contribution in [3.63, 3.8) is 0 Å². The third-order valence-corrected chi connectivity index (χ3v) is 4.61. The quantitative estimate of drug-likeness (QED) is 0.878. The Balaban J connectivity index is 1.89. The van der Waals surface area contributed by atoms with Gasteiger partial charge in [-0.25, -0.2) is 0 Å². The summed E-state index contributed by atoms with van der Waals surface area (Å²) in [6.07, 6.45) is 2.77. The zero-order valence-corrected chi connectivity index (χ0v) is 14.0. The Morgan fingerprint density at radius 3 is 2.68 bits per heavy atom. The fraction of sp³-hybridized carbons (Fsp3) is 0.611. The molecule has 1 amide bonds. The van der Waals surface area contributed by atoms with Gasteiger partial charge in [-0.05, 0) is 49.9 Å². The molecule has 122 valence electrons. The molecule has 1 aromatic carbocycles. The van der Waals surface area contributed by atoms with Crippen LogP contribution in [0.15, 0.2) is 24.3 Å². The normalized spacial score (nSPS) is 17.3. The zero-order chi connectivity index (χ0) is 15.9. The van der Waals surface area contributed by atoms with Gasteiger partial charge >= 0.3 is 0 Å². The lowest BCUT2D eigenvalue weighted by Gasteiger charge is -2.32. The lowest BCUT2D eigenvalue weighted by molar-refractivity contribution is -0.132. The van der Waals surface area contributed by atoms with E-state index in [0.29, 0.717) is 12.3 Å². The van der Waals surface area contributed by atoms with Crippen LogP contribution < -0.4 is 10.1 Å². The Morgan fingerprint density at radius 2 is 2.05 bits per heavy atom. The number of carbonyl (C=O) groups is 1. The first-order valence-electron chi connectivity index (χ1n) is 8.21. The Kier molecular flexibility index (Phi) is 6.25. The number of benzene rings is 1. The van der Waals surface area contributed by atoms with Crippen LogP contribution in [0.2, 0.25) is 0 Å². The van der Waals surface area contributed by atoms with Crippen LogP contribution in [0, 0.1) is 5.92 Å². The van der Waals surface area contributed by atoms with Gasteiger partial charge in [-0.3, -0.25) is 4.79 Å². The van der Waals surface area contributed by atoms with Crippen molar-refractivity contribution in [2.24, 2.45) is 5.92 Å². The number of ether oxygens (including phenoxy) is 1. The van der Waals surface area contributed by atoms with E-state index in [1.807, 2.05) is 30.1 Å². The molecule has 0 aliphatic carbocycles. The number of hydrogen-bond donors (Lipinski definition) is 1. The first-order valence-corrected chi connectivity index (χ1v) is 8.21. The highest BCUT2D eigenvalue weighted by Crippen LogP contribution is 2.29.